The van der Waals surface area contributed by atoms with Gasteiger partial charge in [0.1, 0.15) is 11.3 Å². The third-order valence-electron chi connectivity index (χ3n) is 2.43. The summed E-state index contributed by atoms with van der Waals surface area (Å²) in [5.41, 5.74) is 0.268. The van der Waals surface area contributed by atoms with E-state index in [-0.39, 0.29) is 5.88 Å². The highest BCUT2D eigenvalue weighted by molar-refractivity contribution is 6.31. The second-order valence-electron chi connectivity index (χ2n) is 3.80. The quantitative estimate of drug-likeness (QED) is 0.932. The number of hydrogen-bond acceptors (Lipinski definition) is 3. The molecule has 0 aliphatic rings. The molecular formula is C13H9ClFNO3. The number of hydrogen-bond donors (Lipinski definition) is 1. The average Bonchev–Trinajstić information content (AvgIpc) is 2.36. The van der Waals surface area contributed by atoms with Crippen molar-refractivity contribution in [3.8, 4) is 11.6 Å². The lowest BCUT2D eigenvalue weighted by atomic mass is 10.2. The molecule has 0 bridgehead atoms. The normalized spacial score (nSPS) is 10.3. The van der Waals surface area contributed by atoms with Crippen LogP contribution in [0.3, 0.4) is 0 Å². The van der Waals surface area contributed by atoms with Crippen LogP contribution in [-0.2, 0) is 0 Å². The molecule has 0 saturated carbocycles. The first-order valence-corrected chi connectivity index (χ1v) is 5.68. The van der Waals surface area contributed by atoms with Crippen LogP contribution in [0.2, 0.25) is 5.02 Å². The average molecular weight is 282 g/mol. The maximum Gasteiger partial charge on any atom is 0.338 e. The Morgan fingerprint density at radius 1 is 1.42 bits per heavy atom. The molecule has 0 aliphatic heterocycles. The van der Waals surface area contributed by atoms with Crippen molar-refractivity contribution in [2.24, 2.45) is 0 Å². The summed E-state index contributed by atoms with van der Waals surface area (Å²) in [6, 6.07) is 5.82. The first kappa shape index (κ1) is 13.3. The van der Waals surface area contributed by atoms with Gasteiger partial charge in [0, 0.05) is 11.2 Å². The molecule has 1 N–H and O–H groups in total. The lowest BCUT2D eigenvalue weighted by Crippen LogP contribution is -2.03. The van der Waals surface area contributed by atoms with Gasteiger partial charge in [-0.05, 0) is 36.8 Å². The lowest BCUT2D eigenvalue weighted by molar-refractivity contribution is 0.0690. The summed E-state index contributed by atoms with van der Waals surface area (Å²) >= 11 is 5.86. The van der Waals surface area contributed by atoms with Crippen molar-refractivity contribution in [1.29, 1.82) is 0 Å². The van der Waals surface area contributed by atoms with Crippen molar-refractivity contribution in [3.63, 3.8) is 0 Å². The topological polar surface area (TPSA) is 59.4 Å². The molecule has 0 atom stereocenters. The molecule has 2 aromatic rings. The van der Waals surface area contributed by atoms with E-state index in [2.05, 4.69) is 4.98 Å². The molecule has 1 aromatic carbocycles. The van der Waals surface area contributed by atoms with Crippen LogP contribution in [-0.4, -0.2) is 16.1 Å². The van der Waals surface area contributed by atoms with Gasteiger partial charge in [0.2, 0.25) is 0 Å². The van der Waals surface area contributed by atoms with Gasteiger partial charge in [-0.3, -0.25) is 0 Å². The van der Waals surface area contributed by atoms with Crippen LogP contribution in [0.4, 0.5) is 4.39 Å². The van der Waals surface area contributed by atoms with Crippen LogP contribution in [0.15, 0.2) is 30.5 Å². The predicted molar refractivity (Wildman–Crippen MR) is 67.4 cm³/mol. The molecule has 0 radical (unpaired) electrons. The third-order valence-corrected chi connectivity index (χ3v) is 2.86. The van der Waals surface area contributed by atoms with E-state index in [1.165, 1.54) is 6.20 Å². The number of ether oxygens (including phenoxy) is 1. The van der Waals surface area contributed by atoms with Gasteiger partial charge in [-0.15, -0.1) is 0 Å². The summed E-state index contributed by atoms with van der Waals surface area (Å²) in [6.45, 7) is 1.77. The molecule has 2 rings (SSSR count). The number of aromatic nitrogens is 1. The van der Waals surface area contributed by atoms with Gasteiger partial charge in [-0.2, -0.15) is 0 Å². The van der Waals surface area contributed by atoms with Crippen molar-refractivity contribution < 1.29 is 19.0 Å². The maximum absolute atomic E-state index is 13.8. The van der Waals surface area contributed by atoms with Crippen LogP contribution < -0.4 is 4.74 Å². The number of aryl methyl sites for hydroxylation is 1. The van der Waals surface area contributed by atoms with E-state index < -0.39 is 17.3 Å². The summed E-state index contributed by atoms with van der Waals surface area (Å²) in [7, 11) is 0. The Hall–Kier alpha value is -2.14. The smallest absolute Gasteiger partial charge is 0.338 e. The van der Waals surface area contributed by atoms with Gasteiger partial charge in [-0.1, -0.05) is 11.6 Å². The summed E-state index contributed by atoms with van der Waals surface area (Å²) in [4.78, 5) is 14.5. The van der Waals surface area contributed by atoms with Gasteiger partial charge in [0.15, 0.2) is 5.82 Å². The molecule has 0 unspecified atom stereocenters. The third kappa shape index (κ3) is 2.82. The molecule has 0 amide bonds. The van der Waals surface area contributed by atoms with Gasteiger partial charge in [-0.25, -0.2) is 14.2 Å². The highest BCUT2D eigenvalue weighted by atomic mass is 35.5. The zero-order valence-corrected chi connectivity index (χ0v) is 10.6. The molecule has 0 spiro atoms. The first-order valence-electron chi connectivity index (χ1n) is 5.31. The minimum absolute atomic E-state index is 0.329. The number of nitrogens with zero attached hydrogens (tertiary/aromatic N) is 1. The fourth-order valence-electron chi connectivity index (χ4n) is 1.45. The highest BCUT2D eigenvalue weighted by Crippen LogP contribution is 2.27. The molecule has 0 fully saturated rings. The van der Waals surface area contributed by atoms with Crippen LogP contribution in [0.25, 0.3) is 0 Å². The Morgan fingerprint density at radius 3 is 2.79 bits per heavy atom. The Kier molecular flexibility index (Phi) is 3.66. The Balaban J connectivity index is 2.35. The van der Waals surface area contributed by atoms with E-state index >= 15 is 0 Å². The number of benzene rings is 1. The zero-order chi connectivity index (χ0) is 14.0. The molecule has 0 saturated heterocycles. The van der Waals surface area contributed by atoms with Crippen molar-refractivity contribution in [2.75, 3.05) is 0 Å². The first-order chi connectivity index (χ1) is 8.99. The highest BCUT2D eigenvalue weighted by Gasteiger charge is 2.16. The van der Waals surface area contributed by atoms with E-state index in [1.807, 2.05) is 0 Å². The molecular weight excluding hydrogens is 273 g/mol. The van der Waals surface area contributed by atoms with Gasteiger partial charge in [0.25, 0.3) is 5.88 Å². The minimum Gasteiger partial charge on any atom is -0.478 e. The predicted octanol–water partition coefficient (Wildman–Crippen LogP) is 3.67. The van der Waals surface area contributed by atoms with Gasteiger partial charge >= 0.3 is 5.97 Å². The molecule has 1 aromatic heterocycles. The SMILES string of the molecule is Cc1cc(Oc2nccc(C(=O)O)c2F)ccc1Cl. The van der Waals surface area contributed by atoms with E-state index in [4.69, 9.17) is 21.4 Å². The summed E-state index contributed by atoms with van der Waals surface area (Å²) in [5, 5.41) is 9.35. The fourth-order valence-corrected chi connectivity index (χ4v) is 1.57. The molecule has 19 heavy (non-hydrogen) atoms. The second kappa shape index (κ2) is 5.24. The number of rotatable bonds is 3. The lowest BCUT2D eigenvalue weighted by Gasteiger charge is -2.08. The van der Waals surface area contributed by atoms with Crippen LogP contribution >= 0.6 is 11.6 Å². The van der Waals surface area contributed by atoms with E-state index in [1.54, 1.807) is 25.1 Å². The summed E-state index contributed by atoms with van der Waals surface area (Å²) in [6.07, 6.45) is 1.17. The monoisotopic (exact) mass is 281 g/mol. The van der Waals surface area contributed by atoms with E-state index in [9.17, 15) is 9.18 Å². The number of pyridine rings is 1. The largest absolute Gasteiger partial charge is 0.478 e. The van der Waals surface area contributed by atoms with Crippen LogP contribution in [0.5, 0.6) is 11.6 Å². The molecule has 98 valence electrons. The van der Waals surface area contributed by atoms with E-state index in [0.29, 0.717) is 10.8 Å². The molecule has 6 heteroatoms. The Bertz CT molecular complexity index is 646. The van der Waals surface area contributed by atoms with Gasteiger partial charge < -0.3 is 9.84 Å². The molecule has 4 nitrogen and oxygen atoms in total. The van der Waals surface area contributed by atoms with Crippen LogP contribution in [0, 0.1) is 12.7 Å². The van der Waals surface area contributed by atoms with E-state index in [0.717, 1.165) is 11.6 Å². The van der Waals surface area contributed by atoms with Crippen LogP contribution in [0.1, 0.15) is 15.9 Å². The van der Waals surface area contributed by atoms with Crippen molar-refractivity contribution in [1.82, 2.24) is 4.98 Å². The van der Waals surface area contributed by atoms with Crippen molar-refractivity contribution in [3.05, 3.63) is 52.4 Å². The zero-order valence-electron chi connectivity index (χ0n) is 9.85. The fraction of sp³-hybridized carbons (Fsp3) is 0.0769. The number of carbonyl (C=O) groups is 1. The van der Waals surface area contributed by atoms with Crippen molar-refractivity contribution >= 4 is 17.6 Å². The second-order valence-corrected chi connectivity index (χ2v) is 4.20. The number of carboxylic acids is 1. The summed E-state index contributed by atoms with van der Waals surface area (Å²) in [5.74, 6) is -2.45. The Morgan fingerprint density at radius 2 is 2.16 bits per heavy atom. The number of aromatic carboxylic acids is 1. The number of carboxylic acid groups (broad SMARTS) is 1. The number of halogens is 2. The maximum atomic E-state index is 13.8. The minimum atomic E-state index is -1.38. The molecule has 0 aliphatic carbocycles. The standard InChI is InChI=1S/C13H9ClFNO3/c1-7-6-8(2-3-10(7)14)19-12-11(15)9(13(17)18)4-5-16-12/h2-6H,1H3,(H,17,18). The Labute approximate surface area is 113 Å². The van der Waals surface area contributed by atoms with Crippen molar-refractivity contribution in [2.45, 2.75) is 6.92 Å². The summed E-state index contributed by atoms with van der Waals surface area (Å²) < 4.78 is 19.0. The van der Waals surface area contributed by atoms with Gasteiger partial charge in [0.05, 0.1) is 0 Å². The molecule has 1 heterocycles.